The van der Waals surface area contributed by atoms with Gasteiger partial charge >= 0.3 is 31.1 Å². The maximum absolute atomic E-state index is 11.5. The van der Waals surface area contributed by atoms with Crippen molar-refractivity contribution < 1.29 is 48.3 Å². The van der Waals surface area contributed by atoms with Crippen LogP contribution < -0.4 is 9.86 Å². The zero-order valence-corrected chi connectivity index (χ0v) is 10.3. The molecule has 118 valence electrons. The van der Waals surface area contributed by atoms with Gasteiger partial charge in [0.15, 0.2) is 0 Å². The highest BCUT2D eigenvalue weighted by Gasteiger charge is 2.55. The van der Waals surface area contributed by atoms with E-state index in [0.29, 0.717) is 6.54 Å². The van der Waals surface area contributed by atoms with Gasteiger partial charge < -0.3 is 10.8 Å². The van der Waals surface area contributed by atoms with E-state index in [1.165, 1.54) is 0 Å². The van der Waals surface area contributed by atoms with E-state index in [1.54, 1.807) is 0 Å². The molecule has 0 aliphatic heterocycles. The first-order chi connectivity index (χ1) is 8.12. The zero-order valence-electron chi connectivity index (χ0n) is 8.66. The number of aliphatic hydroxyl groups excluding tert-OH is 1. The Hall–Kier alpha value is -0.640. The van der Waals surface area contributed by atoms with E-state index < -0.39 is 35.2 Å². The Morgan fingerprint density at radius 3 is 1.21 bits per heavy atom. The maximum Gasteiger partial charge on any atom is 0.512 e. The molecular formula is C4H8F6N2O5S2. The summed E-state index contributed by atoms with van der Waals surface area (Å²) in [6, 6.07) is 0. The van der Waals surface area contributed by atoms with E-state index in [2.05, 4.69) is 0 Å². The van der Waals surface area contributed by atoms with Gasteiger partial charge in [-0.15, -0.1) is 0 Å². The molecule has 15 heteroatoms. The smallest absolute Gasteiger partial charge is 0.395 e. The van der Waals surface area contributed by atoms with Crippen LogP contribution in [0, 0.1) is 0 Å². The molecule has 0 saturated carbocycles. The van der Waals surface area contributed by atoms with Gasteiger partial charge in [-0.2, -0.15) is 26.3 Å². The maximum atomic E-state index is 11.5. The van der Waals surface area contributed by atoms with Crippen molar-refractivity contribution in [2.75, 3.05) is 13.2 Å². The Morgan fingerprint density at radius 1 is 0.895 bits per heavy atom. The van der Waals surface area contributed by atoms with Crippen molar-refractivity contribution in [3.05, 3.63) is 0 Å². The quantitative estimate of drug-likeness (QED) is 0.577. The molecule has 0 fully saturated rings. The molecule has 7 nitrogen and oxygen atoms in total. The predicted molar refractivity (Wildman–Crippen MR) is 49.2 cm³/mol. The summed E-state index contributed by atoms with van der Waals surface area (Å²) < 4.78 is 108. The summed E-state index contributed by atoms with van der Waals surface area (Å²) in [5.41, 5.74) is -7.52. The van der Waals surface area contributed by atoms with Crippen molar-refractivity contribution in [1.29, 1.82) is 0 Å². The lowest BCUT2D eigenvalue weighted by Gasteiger charge is -2.11. The third-order valence-electron chi connectivity index (χ3n) is 0.958. The van der Waals surface area contributed by atoms with Crippen LogP contribution in [0.3, 0.4) is 0 Å². The van der Waals surface area contributed by atoms with Gasteiger partial charge in [0.25, 0.3) is 0 Å². The van der Waals surface area contributed by atoms with Crippen LogP contribution in [-0.4, -0.2) is 46.1 Å². The van der Waals surface area contributed by atoms with Crippen molar-refractivity contribution in [1.82, 2.24) is 4.13 Å². The second kappa shape index (κ2) is 6.69. The largest absolute Gasteiger partial charge is 0.512 e. The number of alkyl halides is 6. The van der Waals surface area contributed by atoms with Gasteiger partial charge in [-0.1, -0.05) is 4.13 Å². The molecule has 0 aliphatic rings. The van der Waals surface area contributed by atoms with E-state index in [-0.39, 0.29) is 6.61 Å². The van der Waals surface area contributed by atoms with E-state index >= 15 is 0 Å². The number of sulfonamides is 2. The van der Waals surface area contributed by atoms with Crippen LogP contribution in [0.15, 0.2) is 0 Å². The van der Waals surface area contributed by atoms with E-state index in [9.17, 15) is 43.2 Å². The Kier molecular flexibility index (Phi) is 7.28. The van der Waals surface area contributed by atoms with Crippen LogP contribution in [0.25, 0.3) is 0 Å². The van der Waals surface area contributed by atoms with Gasteiger partial charge in [0.05, 0.1) is 6.61 Å². The van der Waals surface area contributed by atoms with Gasteiger partial charge in [-0.3, -0.25) is 0 Å². The minimum Gasteiger partial charge on any atom is -0.395 e. The first-order valence-corrected chi connectivity index (χ1v) is 6.81. The Bertz CT molecular complexity index is 421. The summed E-state index contributed by atoms with van der Waals surface area (Å²) in [4.78, 5) is 0. The van der Waals surface area contributed by atoms with Crippen molar-refractivity contribution in [2.45, 2.75) is 11.0 Å². The topological polar surface area (TPSA) is 127 Å². The van der Waals surface area contributed by atoms with Crippen molar-refractivity contribution >= 4 is 20.0 Å². The number of rotatable bonds is 3. The molecule has 0 aromatic heterocycles. The first-order valence-electron chi connectivity index (χ1n) is 3.84. The predicted octanol–water partition coefficient (Wildman–Crippen LogP) is -0.787. The summed E-state index contributed by atoms with van der Waals surface area (Å²) in [5.74, 6) is 0. The molecule has 0 aromatic carbocycles. The van der Waals surface area contributed by atoms with Gasteiger partial charge in [-0.05, 0) is 0 Å². The number of halogens is 6. The van der Waals surface area contributed by atoms with Crippen LogP contribution in [0.5, 0.6) is 0 Å². The van der Waals surface area contributed by atoms with Crippen LogP contribution in [0.2, 0.25) is 0 Å². The van der Waals surface area contributed by atoms with E-state index in [1.807, 2.05) is 0 Å². The number of hydrogen-bond donors (Lipinski definition) is 3. The van der Waals surface area contributed by atoms with Crippen molar-refractivity contribution in [2.24, 2.45) is 5.73 Å². The SMILES string of the molecule is NCCO.O=S(=O)(NS(=O)(=O)C(F)(F)F)C(F)(F)F. The summed E-state index contributed by atoms with van der Waals surface area (Å²) >= 11 is 0. The van der Waals surface area contributed by atoms with Crippen LogP contribution >= 0.6 is 0 Å². The highest BCUT2D eigenvalue weighted by molar-refractivity contribution is 8.05. The molecule has 0 heterocycles. The normalized spacial score (nSPS) is 13.7. The fraction of sp³-hybridized carbons (Fsp3) is 1.00. The standard InChI is InChI=1S/C2HF6NO4S2.C2H7NO/c3-1(4,5)14(10,11)9-15(12,13)2(6,7)8;3-1-2-4/h9H;4H,1-3H2. The minimum atomic E-state index is -6.60. The third-order valence-corrected chi connectivity index (χ3v) is 3.93. The molecule has 0 radical (unpaired) electrons. The van der Waals surface area contributed by atoms with Crippen LogP contribution in [0.4, 0.5) is 26.3 Å². The lowest BCUT2D eigenvalue weighted by Crippen LogP contribution is -2.45. The molecule has 0 spiro atoms. The number of aliphatic hydroxyl groups is 1. The molecule has 0 amide bonds. The van der Waals surface area contributed by atoms with Gasteiger partial charge in [-0.25, -0.2) is 16.8 Å². The lowest BCUT2D eigenvalue weighted by atomic mass is 10.8. The molecule has 19 heavy (non-hydrogen) atoms. The molecular weight excluding hydrogens is 334 g/mol. The second-order valence-corrected chi connectivity index (χ2v) is 6.10. The van der Waals surface area contributed by atoms with E-state index in [0.717, 1.165) is 0 Å². The highest BCUT2D eigenvalue weighted by Crippen LogP contribution is 2.27. The van der Waals surface area contributed by atoms with Gasteiger partial charge in [0.1, 0.15) is 0 Å². The molecule has 0 bridgehead atoms. The van der Waals surface area contributed by atoms with Crippen LogP contribution in [0.1, 0.15) is 0 Å². The van der Waals surface area contributed by atoms with Crippen LogP contribution in [-0.2, 0) is 20.0 Å². The first kappa shape index (κ1) is 20.7. The Balaban J connectivity index is 0. The second-order valence-electron chi connectivity index (χ2n) is 2.49. The fourth-order valence-electron chi connectivity index (χ4n) is 0.239. The van der Waals surface area contributed by atoms with Gasteiger partial charge in [0.2, 0.25) is 0 Å². The summed E-state index contributed by atoms with van der Waals surface area (Å²) in [7, 11) is -13.2. The molecule has 0 saturated heterocycles. The fourth-order valence-corrected chi connectivity index (χ4v) is 2.15. The number of hydrogen-bond acceptors (Lipinski definition) is 6. The Labute approximate surface area is 103 Å². The average molecular weight is 342 g/mol. The zero-order chi connectivity index (χ0) is 16.1. The highest BCUT2D eigenvalue weighted by atomic mass is 32.3. The number of nitrogens with one attached hydrogen (secondary N) is 1. The third kappa shape index (κ3) is 6.90. The van der Waals surface area contributed by atoms with Crippen molar-refractivity contribution in [3.8, 4) is 0 Å². The summed E-state index contributed by atoms with van der Waals surface area (Å²) in [6.45, 7) is 0.472. The molecule has 0 aromatic rings. The summed E-state index contributed by atoms with van der Waals surface area (Å²) in [6.07, 6.45) is 0. The van der Waals surface area contributed by atoms with E-state index in [4.69, 9.17) is 10.8 Å². The Morgan fingerprint density at radius 2 is 1.11 bits per heavy atom. The van der Waals surface area contributed by atoms with Gasteiger partial charge in [0, 0.05) is 6.54 Å². The average Bonchev–Trinajstić information content (AvgIpc) is 2.13. The minimum absolute atomic E-state index is 0.0972. The molecule has 4 N–H and O–H groups in total. The summed E-state index contributed by atoms with van der Waals surface area (Å²) in [5, 5.41) is 7.75. The monoisotopic (exact) mass is 342 g/mol. The molecule has 0 unspecified atom stereocenters. The molecule has 0 rings (SSSR count). The number of nitrogens with two attached hydrogens (primary N) is 1. The molecule has 0 aliphatic carbocycles. The van der Waals surface area contributed by atoms with Crippen molar-refractivity contribution in [3.63, 3.8) is 0 Å². The lowest BCUT2D eigenvalue weighted by molar-refractivity contribution is -0.0476. The molecule has 0 atom stereocenters.